The van der Waals surface area contributed by atoms with Gasteiger partial charge in [0.05, 0.1) is 37.7 Å². The Balaban J connectivity index is 1.28. The number of fused-ring (bicyclic) bond motifs is 3. The van der Waals surface area contributed by atoms with Crippen molar-refractivity contribution in [3.8, 4) is 17.2 Å². The molecule has 5 rings (SSSR count). The SMILES string of the molecule is COc1ccccc1OCCN(CC(O)COc1cccc2[nH]c3ccccc3c12)C(=O)c1ccc(CON(O)O)cc1. The first kappa shape index (κ1) is 29.8. The van der Waals surface area contributed by atoms with Gasteiger partial charge in [-0.25, -0.2) is 4.84 Å². The number of nitrogens with one attached hydrogen (secondary N) is 1. The smallest absolute Gasteiger partial charge is 0.254 e. The first-order valence-electron chi connectivity index (χ1n) is 13.7. The number of amides is 1. The number of nitrogens with zero attached hydrogens (tertiary/aromatic N) is 2. The molecule has 0 aliphatic rings. The molecular weight excluding hydrogens is 554 g/mol. The van der Waals surface area contributed by atoms with Gasteiger partial charge in [-0.05, 0) is 48.0 Å². The lowest BCUT2D eigenvalue weighted by molar-refractivity contribution is -0.497. The molecule has 11 nitrogen and oxygen atoms in total. The van der Waals surface area contributed by atoms with Crippen LogP contribution in [0.4, 0.5) is 0 Å². The maximum absolute atomic E-state index is 13.6. The van der Waals surface area contributed by atoms with Crippen molar-refractivity contribution in [3.05, 3.63) is 102 Å². The highest BCUT2D eigenvalue weighted by molar-refractivity contribution is 6.10. The third kappa shape index (κ3) is 7.41. The Hall–Kier alpha value is -4.65. The van der Waals surface area contributed by atoms with Gasteiger partial charge in [0.15, 0.2) is 11.5 Å². The normalized spacial score (nSPS) is 12.0. The van der Waals surface area contributed by atoms with E-state index >= 15 is 0 Å². The second-order valence-electron chi connectivity index (χ2n) is 9.79. The van der Waals surface area contributed by atoms with Crippen molar-refractivity contribution in [3.63, 3.8) is 0 Å². The van der Waals surface area contributed by atoms with Gasteiger partial charge < -0.3 is 29.2 Å². The Bertz CT molecular complexity index is 1650. The number of ether oxygens (including phenoxy) is 3. The van der Waals surface area contributed by atoms with Gasteiger partial charge in [0.2, 0.25) is 0 Å². The van der Waals surface area contributed by atoms with Crippen LogP contribution < -0.4 is 14.2 Å². The minimum Gasteiger partial charge on any atom is -0.493 e. The fourth-order valence-electron chi connectivity index (χ4n) is 4.82. The fraction of sp³-hybridized carbons (Fsp3) is 0.219. The van der Waals surface area contributed by atoms with E-state index in [4.69, 9.17) is 24.6 Å². The minimum absolute atomic E-state index is 0.00712. The van der Waals surface area contributed by atoms with Crippen molar-refractivity contribution in [2.75, 3.05) is 33.4 Å². The topological polar surface area (TPSA) is 137 Å². The highest BCUT2D eigenvalue weighted by atomic mass is 17.1. The second-order valence-corrected chi connectivity index (χ2v) is 9.79. The average Bonchev–Trinajstić information content (AvgIpc) is 3.42. The molecule has 1 heterocycles. The van der Waals surface area contributed by atoms with Crippen molar-refractivity contribution in [2.24, 2.45) is 0 Å². The summed E-state index contributed by atoms with van der Waals surface area (Å²) in [7, 11) is 1.55. The van der Waals surface area contributed by atoms with Crippen LogP contribution in [0.5, 0.6) is 17.2 Å². The van der Waals surface area contributed by atoms with E-state index in [0.717, 1.165) is 21.8 Å². The van der Waals surface area contributed by atoms with Crippen LogP contribution in [0.1, 0.15) is 15.9 Å². The molecule has 1 amide bonds. The van der Waals surface area contributed by atoms with Crippen molar-refractivity contribution in [1.82, 2.24) is 15.3 Å². The molecule has 224 valence electrons. The largest absolute Gasteiger partial charge is 0.493 e. The van der Waals surface area contributed by atoms with E-state index in [-0.39, 0.29) is 44.2 Å². The van der Waals surface area contributed by atoms with Gasteiger partial charge in [-0.1, -0.05) is 48.5 Å². The number of aliphatic hydroxyl groups excluding tert-OH is 1. The molecule has 0 saturated heterocycles. The summed E-state index contributed by atoms with van der Waals surface area (Å²) in [5, 5.41) is 30.1. The van der Waals surface area contributed by atoms with Crippen LogP contribution in [0.15, 0.2) is 91.0 Å². The molecule has 1 atom stereocenters. The predicted octanol–water partition coefficient (Wildman–Crippen LogP) is 4.80. The van der Waals surface area contributed by atoms with Crippen LogP contribution >= 0.6 is 0 Å². The summed E-state index contributed by atoms with van der Waals surface area (Å²) >= 11 is 0. The number of methoxy groups -OCH3 is 1. The average molecular weight is 588 g/mol. The number of aliphatic hydroxyl groups is 1. The molecule has 11 heteroatoms. The van der Waals surface area contributed by atoms with E-state index in [2.05, 4.69) is 9.82 Å². The fourth-order valence-corrected chi connectivity index (χ4v) is 4.82. The summed E-state index contributed by atoms with van der Waals surface area (Å²) in [5.41, 5.74) is 2.92. The number of aromatic nitrogens is 1. The van der Waals surface area contributed by atoms with Crippen molar-refractivity contribution in [1.29, 1.82) is 0 Å². The molecule has 0 aliphatic carbocycles. The van der Waals surface area contributed by atoms with Gasteiger partial charge in [-0.15, -0.1) is 0 Å². The number of rotatable bonds is 14. The number of carbonyl (C=O) groups is 1. The van der Waals surface area contributed by atoms with Gasteiger partial charge in [-0.3, -0.25) is 15.2 Å². The molecule has 4 aromatic carbocycles. The van der Waals surface area contributed by atoms with Gasteiger partial charge >= 0.3 is 0 Å². The zero-order valence-electron chi connectivity index (χ0n) is 23.6. The summed E-state index contributed by atoms with van der Waals surface area (Å²) in [6.07, 6.45) is -0.997. The summed E-state index contributed by atoms with van der Waals surface area (Å²) in [6.45, 7) is 0.193. The third-order valence-electron chi connectivity index (χ3n) is 6.88. The number of hydrogen-bond donors (Lipinski definition) is 4. The molecule has 0 bridgehead atoms. The van der Waals surface area contributed by atoms with Gasteiger partial charge in [0, 0.05) is 21.9 Å². The number of hydrogen-bond acceptors (Lipinski definition) is 9. The van der Waals surface area contributed by atoms with Crippen LogP contribution in [-0.4, -0.2) is 76.2 Å². The summed E-state index contributed by atoms with van der Waals surface area (Å²) in [4.78, 5) is 23.1. The second kappa shape index (κ2) is 14.0. The lowest BCUT2D eigenvalue weighted by Gasteiger charge is -2.26. The summed E-state index contributed by atoms with van der Waals surface area (Å²) in [6, 6.07) is 27.4. The van der Waals surface area contributed by atoms with E-state index < -0.39 is 6.10 Å². The Morgan fingerprint density at radius 1 is 0.837 bits per heavy atom. The Morgan fingerprint density at radius 2 is 1.53 bits per heavy atom. The van der Waals surface area contributed by atoms with Gasteiger partial charge in [-0.2, -0.15) is 0 Å². The van der Waals surface area contributed by atoms with Gasteiger partial charge in [0.25, 0.3) is 5.91 Å². The number of H-pyrrole nitrogens is 1. The van der Waals surface area contributed by atoms with E-state index in [1.54, 1.807) is 43.5 Å². The van der Waals surface area contributed by atoms with Crippen LogP contribution in [0.3, 0.4) is 0 Å². The highest BCUT2D eigenvalue weighted by Crippen LogP contribution is 2.33. The minimum atomic E-state index is -0.997. The van der Waals surface area contributed by atoms with Crippen molar-refractivity contribution >= 4 is 27.7 Å². The van der Waals surface area contributed by atoms with Crippen molar-refractivity contribution in [2.45, 2.75) is 12.7 Å². The molecule has 1 unspecified atom stereocenters. The van der Waals surface area contributed by atoms with Gasteiger partial charge in [0.1, 0.15) is 25.1 Å². The first-order chi connectivity index (χ1) is 20.9. The Labute approximate surface area is 247 Å². The molecule has 0 spiro atoms. The van der Waals surface area contributed by atoms with E-state index in [0.29, 0.717) is 28.4 Å². The van der Waals surface area contributed by atoms with E-state index in [1.165, 1.54) is 4.90 Å². The molecule has 43 heavy (non-hydrogen) atoms. The Kier molecular flexibility index (Phi) is 9.72. The van der Waals surface area contributed by atoms with E-state index in [1.807, 2.05) is 54.6 Å². The molecular formula is C32H33N3O8. The molecule has 0 aliphatic heterocycles. The predicted molar refractivity (Wildman–Crippen MR) is 158 cm³/mol. The molecule has 0 saturated carbocycles. The Morgan fingerprint density at radius 3 is 2.30 bits per heavy atom. The molecule has 0 fully saturated rings. The number of aromatic amines is 1. The van der Waals surface area contributed by atoms with Crippen LogP contribution in [0, 0.1) is 0 Å². The highest BCUT2D eigenvalue weighted by Gasteiger charge is 2.21. The van der Waals surface area contributed by atoms with Crippen LogP contribution in [0.25, 0.3) is 21.8 Å². The zero-order chi connectivity index (χ0) is 30.2. The number of carbonyl (C=O) groups excluding carboxylic acids is 1. The summed E-state index contributed by atoms with van der Waals surface area (Å²) in [5.74, 6) is 1.43. The monoisotopic (exact) mass is 587 g/mol. The van der Waals surface area contributed by atoms with Crippen molar-refractivity contribution < 1.29 is 39.4 Å². The number of para-hydroxylation sites is 3. The lowest BCUT2D eigenvalue weighted by Crippen LogP contribution is -2.42. The van der Waals surface area contributed by atoms with E-state index in [9.17, 15) is 9.90 Å². The summed E-state index contributed by atoms with van der Waals surface area (Å²) < 4.78 is 17.3. The number of benzene rings is 4. The van der Waals surface area contributed by atoms with Crippen LogP contribution in [-0.2, 0) is 11.4 Å². The first-order valence-corrected chi connectivity index (χ1v) is 13.7. The maximum Gasteiger partial charge on any atom is 0.254 e. The zero-order valence-corrected chi connectivity index (χ0v) is 23.6. The standard InChI is InChI=1S/C32H33N3O8/c1-40-28-10-4-5-11-29(28)41-18-17-34(32(37)23-15-13-22(14-16-23)20-43-35(38)39)19-24(36)21-42-30-12-6-9-27-31(30)25-7-2-3-8-26(25)33-27/h2-16,24,33,36,38-39H,17-21H2,1H3. The molecule has 1 aromatic heterocycles. The lowest BCUT2D eigenvalue weighted by atomic mass is 10.1. The van der Waals surface area contributed by atoms with Crippen LogP contribution in [0.2, 0.25) is 0 Å². The molecule has 0 radical (unpaired) electrons. The maximum atomic E-state index is 13.6. The third-order valence-corrected chi connectivity index (χ3v) is 6.88. The quantitative estimate of drug-likeness (QED) is 0.135. The molecule has 5 aromatic rings. The molecule has 4 N–H and O–H groups in total.